The van der Waals surface area contributed by atoms with Crippen LogP contribution in [-0.2, 0) is 23.8 Å². The Balaban J connectivity index is 2.33. The van der Waals surface area contributed by atoms with E-state index in [1.165, 1.54) is 0 Å². The van der Waals surface area contributed by atoms with Gasteiger partial charge in [0.2, 0.25) is 0 Å². The molecule has 10 atom stereocenters. The highest BCUT2D eigenvalue weighted by atomic mass is 16.7. The largest absolute Gasteiger partial charge is 0.462 e. The Kier molecular flexibility index (Phi) is 12.1. The molecule has 206 valence electrons. The maximum atomic E-state index is 13.3. The maximum Gasteiger partial charge on any atom is 0.309 e. The summed E-state index contributed by atoms with van der Waals surface area (Å²) in [5, 5.41) is 0. The van der Waals surface area contributed by atoms with Crippen LogP contribution in [0.15, 0.2) is 11.6 Å². The predicted molar refractivity (Wildman–Crippen MR) is 144 cm³/mol. The van der Waals surface area contributed by atoms with E-state index in [1.807, 2.05) is 40.2 Å². The van der Waals surface area contributed by atoms with E-state index in [4.69, 9.17) is 14.2 Å². The van der Waals surface area contributed by atoms with Gasteiger partial charge in [-0.2, -0.15) is 0 Å². The van der Waals surface area contributed by atoms with E-state index < -0.39 is 6.29 Å². The molecule has 0 N–H and O–H groups in total. The average molecular weight is 506 g/mol. The van der Waals surface area contributed by atoms with E-state index in [1.54, 1.807) is 0 Å². The smallest absolute Gasteiger partial charge is 0.309 e. The molecule has 6 heteroatoms. The Hall–Kier alpha value is -1.24. The first-order valence-corrected chi connectivity index (χ1v) is 13.9. The monoisotopic (exact) mass is 505 g/mol. The van der Waals surface area contributed by atoms with Crippen LogP contribution in [0.25, 0.3) is 0 Å². The minimum absolute atomic E-state index is 0.0169. The number of cyclic esters (lactones) is 1. The van der Waals surface area contributed by atoms with Crippen LogP contribution in [0.3, 0.4) is 0 Å². The average Bonchev–Trinajstić information content (AvgIpc) is 2.80. The van der Waals surface area contributed by atoms with Gasteiger partial charge < -0.3 is 19.1 Å². The van der Waals surface area contributed by atoms with E-state index in [2.05, 4.69) is 53.1 Å². The van der Waals surface area contributed by atoms with Crippen LogP contribution in [0.2, 0.25) is 0 Å². The second-order valence-electron chi connectivity index (χ2n) is 11.7. The number of nitrogens with zero attached hydrogens (tertiary/aromatic N) is 1. The number of esters is 1. The lowest BCUT2D eigenvalue weighted by atomic mass is 9.80. The molecule has 0 aliphatic carbocycles. The SMILES string of the molecule is CCC[C@H]1OC(=O)[C@H](C)[CH][C@H](C)[C@@H](OC2[CH]C(N(C)C)CC(C)O2)[C@@H](C)C[C@@H](C)C(=O)/C(C)=C/[C@H]1C. The van der Waals surface area contributed by atoms with Crippen molar-refractivity contribution in [2.75, 3.05) is 14.1 Å². The standard InChI is InChI=1S/C30H51NO5/c1-11-12-26-18(2)13-19(3)28(32)20(4)14-21(5)29(22(6)15-23(7)30(33)35-26)36-27-17-25(31(9)10)16-24(8)34-27/h13,15,17-18,20-27,29H,11-12,14,16H2,1-10H3/b19-13+/t18-,20-,21+,22+,23-,24?,25?,26-,27?,29+/m1/s1. The van der Waals surface area contributed by atoms with Crippen molar-refractivity contribution in [3.8, 4) is 0 Å². The number of ether oxygens (including phenoxy) is 3. The van der Waals surface area contributed by atoms with Gasteiger partial charge in [0.05, 0.1) is 18.1 Å². The first-order chi connectivity index (χ1) is 16.8. The molecule has 0 spiro atoms. The molecule has 2 aliphatic heterocycles. The molecule has 1 fully saturated rings. The summed E-state index contributed by atoms with van der Waals surface area (Å²) in [6.07, 6.45) is 8.67. The molecule has 0 aromatic heterocycles. The first kappa shape index (κ1) is 31.0. The lowest BCUT2D eigenvalue weighted by Crippen LogP contribution is -2.46. The van der Waals surface area contributed by atoms with Gasteiger partial charge in [0.15, 0.2) is 12.1 Å². The normalized spacial score (nSPS) is 41.4. The number of allylic oxidation sites excluding steroid dienone is 1. The number of ketones is 1. The van der Waals surface area contributed by atoms with Crippen LogP contribution >= 0.6 is 0 Å². The van der Waals surface area contributed by atoms with Crippen molar-refractivity contribution >= 4 is 11.8 Å². The van der Waals surface area contributed by atoms with Crippen LogP contribution < -0.4 is 0 Å². The number of hydrogen-bond donors (Lipinski definition) is 0. The number of carbonyl (C=O) groups is 2. The van der Waals surface area contributed by atoms with Crippen LogP contribution in [0.4, 0.5) is 0 Å². The summed E-state index contributed by atoms with van der Waals surface area (Å²) < 4.78 is 18.8. The summed E-state index contributed by atoms with van der Waals surface area (Å²) in [5.41, 5.74) is 0.744. The Morgan fingerprint density at radius 1 is 1.00 bits per heavy atom. The zero-order valence-electron chi connectivity index (χ0n) is 24.3. The van der Waals surface area contributed by atoms with Gasteiger partial charge >= 0.3 is 5.97 Å². The van der Waals surface area contributed by atoms with Crippen molar-refractivity contribution in [3.63, 3.8) is 0 Å². The molecule has 0 aromatic rings. The molecule has 1 saturated heterocycles. The third-order valence-corrected chi connectivity index (χ3v) is 7.82. The maximum absolute atomic E-state index is 13.3. The lowest BCUT2D eigenvalue weighted by Gasteiger charge is -2.41. The molecule has 0 amide bonds. The summed E-state index contributed by atoms with van der Waals surface area (Å²) >= 11 is 0. The first-order valence-electron chi connectivity index (χ1n) is 13.9. The fourth-order valence-corrected chi connectivity index (χ4v) is 5.71. The van der Waals surface area contributed by atoms with E-state index in [0.717, 1.165) is 24.8 Å². The van der Waals surface area contributed by atoms with Crippen molar-refractivity contribution in [1.29, 1.82) is 0 Å². The molecular weight excluding hydrogens is 454 g/mol. The number of carbonyl (C=O) groups excluding carboxylic acids is 2. The van der Waals surface area contributed by atoms with Crippen molar-refractivity contribution < 1.29 is 23.8 Å². The molecule has 36 heavy (non-hydrogen) atoms. The minimum Gasteiger partial charge on any atom is -0.462 e. The minimum atomic E-state index is -0.437. The highest BCUT2D eigenvalue weighted by molar-refractivity contribution is 5.96. The van der Waals surface area contributed by atoms with Crippen molar-refractivity contribution in [1.82, 2.24) is 4.90 Å². The molecule has 0 saturated carbocycles. The molecule has 6 nitrogen and oxygen atoms in total. The van der Waals surface area contributed by atoms with Crippen LogP contribution in [0.5, 0.6) is 0 Å². The molecule has 2 aliphatic rings. The van der Waals surface area contributed by atoms with Gasteiger partial charge in [-0.25, -0.2) is 0 Å². The van der Waals surface area contributed by atoms with Gasteiger partial charge in [-0.15, -0.1) is 0 Å². The molecule has 2 heterocycles. The molecule has 3 unspecified atom stereocenters. The number of hydrogen-bond acceptors (Lipinski definition) is 6. The summed E-state index contributed by atoms with van der Waals surface area (Å²) in [6, 6.07) is 0.270. The zero-order chi connectivity index (χ0) is 27.2. The van der Waals surface area contributed by atoms with Crippen LogP contribution in [0.1, 0.15) is 81.1 Å². The van der Waals surface area contributed by atoms with E-state index in [9.17, 15) is 9.59 Å². The second kappa shape index (κ2) is 14.1. The van der Waals surface area contributed by atoms with Crippen molar-refractivity contribution in [2.45, 2.75) is 112 Å². The fraction of sp³-hybridized carbons (Fsp3) is 0.800. The topological polar surface area (TPSA) is 65.1 Å². The highest BCUT2D eigenvalue weighted by Crippen LogP contribution is 2.33. The molecule has 2 rings (SSSR count). The van der Waals surface area contributed by atoms with Gasteiger partial charge in [-0.3, -0.25) is 9.59 Å². The van der Waals surface area contributed by atoms with E-state index >= 15 is 0 Å². The Bertz CT molecular complexity index is 750. The molecular formula is C30H51NO5. The quantitative estimate of drug-likeness (QED) is 0.450. The van der Waals surface area contributed by atoms with Crippen molar-refractivity contribution in [3.05, 3.63) is 24.5 Å². The van der Waals surface area contributed by atoms with Crippen LogP contribution in [0, 0.1) is 42.4 Å². The number of rotatable bonds is 5. The summed E-state index contributed by atoms with van der Waals surface area (Å²) in [4.78, 5) is 28.5. The van der Waals surface area contributed by atoms with E-state index in [-0.39, 0.29) is 65.7 Å². The molecule has 2 radical (unpaired) electrons. The second-order valence-corrected chi connectivity index (χ2v) is 11.7. The van der Waals surface area contributed by atoms with Gasteiger partial charge in [0.25, 0.3) is 0 Å². The van der Waals surface area contributed by atoms with Gasteiger partial charge in [0.1, 0.15) is 6.10 Å². The lowest BCUT2D eigenvalue weighted by molar-refractivity contribution is -0.211. The molecule has 0 bridgehead atoms. The zero-order valence-corrected chi connectivity index (χ0v) is 24.3. The van der Waals surface area contributed by atoms with E-state index in [0.29, 0.717) is 6.42 Å². The molecule has 0 aromatic carbocycles. The predicted octanol–water partition coefficient (Wildman–Crippen LogP) is 5.66. The summed E-state index contributed by atoms with van der Waals surface area (Å²) in [7, 11) is 4.14. The third-order valence-electron chi connectivity index (χ3n) is 7.82. The number of Topliss-reactive ketones (excluding diaryl/α,β-unsaturated/α-hetero) is 1. The van der Waals surface area contributed by atoms with Gasteiger partial charge in [-0.1, -0.05) is 54.0 Å². The fourth-order valence-electron chi connectivity index (χ4n) is 5.71. The van der Waals surface area contributed by atoms with Gasteiger partial charge in [0, 0.05) is 24.3 Å². The Morgan fingerprint density at radius 3 is 2.28 bits per heavy atom. The van der Waals surface area contributed by atoms with Crippen molar-refractivity contribution in [2.24, 2.45) is 29.6 Å². The third kappa shape index (κ3) is 8.66. The van der Waals surface area contributed by atoms with Gasteiger partial charge in [-0.05, 0) is 71.0 Å². The summed E-state index contributed by atoms with van der Waals surface area (Å²) in [6.45, 7) is 16.2. The Morgan fingerprint density at radius 2 is 1.67 bits per heavy atom. The highest BCUT2D eigenvalue weighted by Gasteiger charge is 2.37. The summed E-state index contributed by atoms with van der Waals surface area (Å²) in [5.74, 6) is -0.511. The van der Waals surface area contributed by atoms with Crippen LogP contribution in [-0.4, -0.2) is 61.4 Å². The Labute approximate surface area is 220 Å².